The van der Waals surface area contributed by atoms with Gasteiger partial charge in [-0.2, -0.15) is 17.2 Å². The predicted octanol–water partition coefficient (Wildman–Crippen LogP) is 1.42. The van der Waals surface area contributed by atoms with Crippen molar-refractivity contribution < 1.29 is 36.4 Å². The smallest absolute Gasteiger partial charge is 0.405 e. The largest absolute Gasteiger partial charge is 0.508 e. The van der Waals surface area contributed by atoms with Gasteiger partial charge in [-0.25, -0.2) is 4.79 Å². The first-order valence-electron chi connectivity index (χ1n) is 4.90. The lowest BCUT2D eigenvalue weighted by Gasteiger charge is -2.20. The van der Waals surface area contributed by atoms with Crippen LogP contribution in [0.5, 0.6) is 5.75 Å². The Kier molecular flexibility index (Phi) is 4.11. The highest BCUT2D eigenvalue weighted by Crippen LogP contribution is 2.27. The Morgan fingerprint density at radius 1 is 1.42 bits per heavy atom. The fourth-order valence-corrected chi connectivity index (χ4v) is 1.61. The first-order chi connectivity index (χ1) is 8.55. The van der Waals surface area contributed by atoms with Crippen molar-refractivity contribution in [2.45, 2.75) is 18.3 Å². The molecule has 0 aromatic heterocycles. The Labute approximate surface area is 107 Å². The molecule has 9 heteroatoms. The zero-order chi connectivity index (χ0) is 14.8. The summed E-state index contributed by atoms with van der Waals surface area (Å²) in [6.45, 7) is 0.620. The van der Waals surface area contributed by atoms with E-state index in [-0.39, 0.29) is 11.3 Å². The van der Waals surface area contributed by atoms with Crippen LogP contribution >= 0.6 is 0 Å². The van der Waals surface area contributed by atoms with Gasteiger partial charge in [0.05, 0.1) is 5.56 Å². The minimum atomic E-state index is -5.70. The van der Waals surface area contributed by atoms with Gasteiger partial charge in [0, 0.05) is 0 Å². The van der Waals surface area contributed by atoms with Gasteiger partial charge in [0.25, 0.3) is 0 Å². The number of esters is 1. The number of benzene rings is 1. The minimum absolute atomic E-state index is 0.238. The molecule has 0 aliphatic rings. The van der Waals surface area contributed by atoms with E-state index in [4.69, 9.17) is 9.66 Å². The van der Waals surface area contributed by atoms with Crippen LogP contribution in [-0.4, -0.2) is 35.4 Å². The van der Waals surface area contributed by atoms with E-state index >= 15 is 0 Å². The molecule has 0 fully saturated rings. The van der Waals surface area contributed by atoms with Crippen LogP contribution in [0, 0.1) is 0 Å². The molecule has 0 saturated carbocycles. The number of alkyl halides is 2. The Morgan fingerprint density at radius 3 is 2.47 bits per heavy atom. The van der Waals surface area contributed by atoms with Crippen LogP contribution in [0.15, 0.2) is 24.3 Å². The Morgan fingerprint density at radius 2 is 2.00 bits per heavy atom. The van der Waals surface area contributed by atoms with Crippen molar-refractivity contribution in [2.24, 2.45) is 0 Å². The van der Waals surface area contributed by atoms with Crippen LogP contribution in [0.25, 0.3) is 0 Å². The monoisotopic (exact) mass is 296 g/mol. The van der Waals surface area contributed by atoms with Crippen molar-refractivity contribution in [1.29, 1.82) is 0 Å². The zero-order valence-corrected chi connectivity index (χ0v) is 10.4. The minimum Gasteiger partial charge on any atom is -0.508 e. The number of carbonyl (C=O) groups is 1. The Hall–Kier alpha value is -1.74. The first kappa shape index (κ1) is 15.3. The van der Waals surface area contributed by atoms with E-state index in [0.29, 0.717) is 6.92 Å². The molecule has 19 heavy (non-hydrogen) atoms. The standard InChI is InChI=1S/C10H10F2O6S/c1-6(10(11,12)19(15,16)17)18-9(14)7-3-2-4-8(13)5-7/h2-6,13H,1H3,(H,15,16,17). The van der Waals surface area contributed by atoms with Gasteiger partial charge in [-0.05, 0) is 25.1 Å². The summed E-state index contributed by atoms with van der Waals surface area (Å²) in [5.74, 6) is -1.55. The maximum absolute atomic E-state index is 13.1. The molecule has 1 aromatic carbocycles. The highest BCUT2D eigenvalue weighted by molar-refractivity contribution is 7.86. The molecule has 0 aliphatic heterocycles. The molecule has 1 rings (SSSR count). The van der Waals surface area contributed by atoms with Gasteiger partial charge in [0.2, 0.25) is 0 Å². The summed E-state index contributed by atoms with van der Waals surface area (Å²) in [6, 6.07) is 4.66. The molecule has 1 aromatic rings. The maximum Gasteiger partial charge on any atom is 0.405 e. The van der Waals surface area contributed by atoms with Crippen LogP contribution < -0.4 is 0 Å². The van der Waals surface area contributed by atoms with Crippen molar-refractivity contribution in [1.82, 2.24) is 0 Å². The summed E-state index contributed by atoms with van der Waals surface area (Å²) in [4.78, 5) is 11.4. The summed E-state index contributed by atoms with van der Waals surface area (Å²) < 4.78 is 59.7. The number of halogens is 2. The normalized spacial score (nSPS) is 13.9. The maximum atomic E-state index is 13.1. The van der Waals surface area contributed by atoms with E-state index in [9.17, 15) is 22.0 Å². The number of hydrogen-bond acceptors (Lipinski definition) is 5. The highest BCUT2D eigenvalue weighted by Gasteiger charge is 2.52. The fourth-order valence-electron chi connectivity index (χ4n) is 1.14. The van der Waals surface area contributed by atoms with Gasteiger partial charge < -0.3 is 9.84 Å². The lowest BCUT2D eigenvalue weighted by atomic mass is 10.2. The van der Waals surface area contributed by atoms with Gasteiger partial charge in [0.1, 0.15) is 5.75 Å². The number of rotatable bonds is 4. The van der Waals surface area contributed by atoms with E-state index in [0.717, 1.165) is 6.07 Å². The average molecular weight is 296 g/mol. The fraction of sp³-hybridized carbons (Fsp3) is 0.300. The number of phenolic OH excluding ortho intramolecular Hbond substituents is 1. The summed E-state index contributed by atoms with van der Waals surface area (Å²) in [5.41, 5.74) is -0.238. The van der Waals surface area contributed by atoms with E-state index in [1.807, 2.05) is 0 Å². The molecule has 0 aliphatic carbocycles. The zero-order valence-electron chi connectivity index (χ0n) is 9.58. The average Bonchev–Trinajstić information content (AvgIpc) is 2.27. The van der Waals surface area contributed by atoms with E-state index in [2.05, 4.69) is 4.74 Å². The first-order valence-corrected chi connectivity index (χ1v) is 6.34. The van der Waals surface area contributed by atoms with Crippen LogP contribution in [0.3, 0.4) is 0 Å². The molecule has 0 bridgehead atoms. The number of hydrogen-bond donors (Lipinski definition) is 2. The van der Waals surface area contributed by atoms with Crippen molar-refractivity contribution in [3.05, 3.63) is 29.8 Å². The molecular weight excluding hydrogens is 286 g/mol. The van der Waals surface area contributed by atoms with Crippen LogP contribution in [0.1, 0.15) is 17.3 Å². The summed E-state index contributed by atoms with van der Waals surface area (Å²) >= 11 is 0. The van der Waals surface area contributed by atoms with Gasteiger partial charge in [-0.15, -0.1) is 0 Å². The molecule has 106 valence electrons. The topological polar surface area (TPSA) is 101 Å². The molecule has 6 nitrogen and oxygen atoms in total. The molecule has 0 heterocycles. The van der Waals surface area contributed by atoms with Crippen LogP contribution in [0.4, 0.5) is 8.78 Å². The third-order valence-electron chi connectivity index (χ3n) is 2.18. The predicted molar refractivity (Wildman–Crippen MR) is 59.5 cm³/mol. The lowest BCUT2D eigenvalue weighted by Crippen LogP contribution is -2.42. The van der Waals surface area contributed by atoms with E-state index < -0.39 is 27.4 Å². The molecule has 2 N–H and O–H groups in total. The second-order valence-electron chi connectivity index (χ2n) is 3.63. The quantitative estimate of drug-likeness (QED) is 0.643. The number of phenols is 1. The van der Waals surface area contributed by atoms with Gasteiger partial charge >= 0.3 is 21.3 Å². The molecule has 0 radical (unpaired) electrons. The molecule has 1 atom stereocenters. The molecule has 1 unspecified atom stereocenters. The van der Waals surface area contributed by atoms with Crippen molar-refractivity contribution >= 4 is 16.1 Å². The summed E-state index contributed by atoms with van der Waals surface area (Å²) in [7, 11) is -5.70. The number of ether oxygens (including phenoxy) is 1. The third kappa shape index (κ3) is 3.38. The van der Waals surface area contributed by atoms with E-state index in [1.165, 1.54) is 18.2 Å². The molecule has 0 amide bonds. The second kappa shape index (κ2) is 5.10. The van der Waals surface area contributed by atoms with Gasteiger partial charge in [-0.3, -0.25) is 4.55 Å². The van der Waals surface area contributed by atoms with Crippen LogP contribution in [0.2, 0.25) is 0 Å². The van der Waals surface area contributed by atoms with Gasteiger partial charge in [0.15, 0.2) is 6.10 Å². The van der Waals surface area contributed by atoms with Crippen molar-refractivity contribution in [3.63, 3.8) is 0 Å². The Balaban J connectivity index is 2.89. The third-order valence-corrected chi connectivity index (χ3v) is 3.20. The molecule has 0 spiro atoms. The SMILES string of the molecule is CC(OC(=O)c1cccc(O)c1)C(F)(F)S(=O)(=O)O. The summed E-state index contributed by atoms with van der Waals surface area (Å²) in [6.07, 6.45) is -2.39. The van der Waals surface area contributed by atoms with Crippen LogP contribution in [-0.2, 0) is 14.9 Å². The molecule has 0 saturated heterocycles. The van der Waals surface area contributed by atoms with Crippen molar-refractivity contribution in [2.75, 3.05) is 0 Å². The van der Waals surface area contributed by atoms with E-state index in [1.54, 1.807) is 0 Å². The molecular formula is C10H10F2O6S. The van der Waals surface area contributed by atoms with Gasteiger partial charge in [-0.1, -0.05) is 6.07 Å². The Bertz CT molecular complexity index is 583. The second-order valence-corrected chi connectivity index (χ2v) is 5.13. The highest BCUT2D eigenvalue weighted by atomic mass is 32.2. The van der Waals surface area contributed by atoms with Crippen molar-refractivity contribution in [3.8, 4) is 5.75 Å². The lowest BCUT2D eigenvalue weighted by molar-refractivity contribution is -0.0550. The number of aromatic hydroxyl groups is 1. The number of carbonyl (C=O) groups excluding carboxylic acids is 1. The summed E-state index contributed by atoms with van der Waals surface area (Å²) in [5, 5.41) is 4.47.